The van der Waals surface area contributed by atoms with E-state index in [1.54, 1.807) is 0 Å². The molecule has 5 atom stereocenters. The monoisotopic (exact) mass is 468 g/mol. The van der Waals surface area contributed by atoms with E-state index in [9.17, 15) is 5.11 Å². The van der Waals surface area contributed by atoms with Gasteiger partial charge >= 0.3 is 0 Å². The smallest absolute Gasteiger partial charge is 0.127 e. The second-order valence-corrected chi connectivity index (χ2v) is 9.06. The highest BCUT2D eigenvalue weighted by Gasteiger charge is 2.22. The van der Waals surface area contributed by atoms with Crippen molar-refractivity contribution in [3.63, 3.8) is 0 Å². The zero-order chi connectivity index (χ0) is 24.3. The predicted octanol–water partition coefficient (Wildman–Crippen LogP) is 5.14. The first-order valence-electron chi connectivity index (χ1n) is 12.8. The summed E-state index contributed by atoms with van der Waals surface area (Å²) in [5.74, 6) is 0.770. The number of aliphatic hydroxyl groups is 2. The summed E-state index contributed by atoms with van der Waals surface area (Å²) in [4.78, 5) is 0. The van der Waals surface area contributed by atoms with Gasteiger partial charge in [-0.3, -0.25) is 0 Å². The van der Waals surface area contributed by atoms with E-state index in [-0.39, 0.29) is 37.6 Å². The van der Waals surface area contributed by atoms with Gasteiger partial charge in [-0.25, -0.2) is 0 Å². The fraction of sp³-hybridized carbons (Fsp3) is 0.778. The Hall–Kier alpha value is -1.18. The lowest BCUT2D eigenvalue weighted by molar-refractivity contribution is -0.0950. The molecule has 192 valence electrons. The fourth-order valence-electron chi connectivity index (χ4n) is 3.42. The van der Waals surface area contributed by atoms with E-state index in [4.69, 9.17) is 24.1 Å². The fourth-order valence-corrected chi connectivity index (χ4v) is 3.42. The first-order valence-corrected chi connectivity index (χ1v) is 12.8. The van der Waals surface area contributed by atoms with Gasteiger partial charge in [0.25, 0.3) is 0 Å². The molecule has 0 spiro atoms. The summed E-state index contributed by atoms with van der Waals surface area (Å²) in [6, 6.07) is 9.67. The number of benzene rings is 1. The van der Waals surface area contributed by atoms with E-state index in [0.29, 0.717) is 13.2 Å². The van der Waals surface area contributed by atoms with E-state index >= 15 is 0 Å². The number of rotatable bonds is 21. The minimum atomic E-state index is -0.709. The van der Waals surface area contributed by atoms with Crippen molar-refractivity contribution in [1.29, 1.82) is 0 Å². The third-order valence-electron chi connectivity index (χ3n) is 5.59. The Kier molecular flexibility index (Phi) is 17.3. The van der Waals surface area contributed by atoms with Crippen LogP contribution < -0.4 is 4.74 Å². The van der Waals surface area contributed by atoms with Crippen LogP contribution in [0, 0.1) is 0 Å². The third-order valence-corrected chi connectivity index (χ3v) is 5.59. The number of unbranched alkanes of at least 4 members (excludes halogenated alkanes) is 6. The van der Waals surface area contributed by atoms with Gasteiger partial charge in [0.1, 0.15) is 18.0 Å². The van der Waals surface area contributed by atoms with Gasteiger partial charge in [-0.2, -0.15) is 0 Å². The highest BCUT2D eigenvalue weighted by molar-refractivity contribution is 5.21. The normalized spacial score (nSPS) is 16.2. The van der Waals surface area contributed by atoms with Crippen LogP contribution in [-0.2, 0) is 14.2 Å². The molecule has 33 heavy (non-hydrogen) atoms. The molecule has 1 rings (SSSR count). The lowest BCUT2D eigenvalue weighted by Gasteiger charge is -2.26. The van der Waals surface area contributed by atoms with Crippen molar-refractivity contribution < 1.29 is 29.2 Å². The number of ether oxygens (including phenoxy) is 4. The van der Waals surface area contributed by atoms with Crippen molar-refractivity contribution in [2.75, 3.05) is 26.4 Å². The first kappa shape index (κ1) is 29.9. The summed E-state index contributed by atoms with van der Waals surface area (Å²) in [7, 11) is 0. The molecule has 0 amide bonds. The van der Waals surface area contributed by atoms with Crippen molar-refractivity contribution >= 4 is 0 Å². The first-order chi connectivity index (χ1) is 16.0. The van der Waals surface area contributed by atoms with Crippen LogP contribution in [0.15, 0.2) is 30.3 Å². The molecule has 0 aliphatic heterocycles. The Morgan fingerprint density at radius 3 is 1.88 bits per heavy atom. The van der Waals surface area contributed by atoms with Crippen molar-refractivity contribution in [3.8, 4) is 5.75 Å². The zero-order valence-electron chi connectivity index (χ0n) is 21.3. The topological polar surface area (TPSA) is 77.4 Å². The van der Waals surface area contributed by atoms with Gasteiger partial charge in [0.05, 0.1) is 44.7 Å². The average Bonchev–Trinajstić information content (AvgIpc) is 2.83. The standard InChI is InChI=1S/C27H48O6/c1-5-6-7-8-9-10-14-17-27(33-25-15-12-11-13-16-25)26(29)21-32-24(4)20-31-23(3)19-30-22(2)18-28/h11-13,15-16,22-24,26-29H,5-10,14,17-21H2,1-4H3. The Morgan fingerprint density at radius 1 is 0.727 bits per heavy atom. The molecule has 0 saturated carbocycles. The second kappa shape index (κ2) is 19.2. The Morgan fingerprint density at radius 2 is 1.27 bits per heavy atom. The van der Waals surface area contributed by atoms with Crippen LogP contribution in [0.25, 0.3) is 0 Å². The molecule has 0 aliphatic carbocycles. The van der Waals surface area contributed by atoms with Gasteiger partial charge in [-0.15, -0.1) is 0 Å². The van der Waals surface area contributed by atoms with Gasteiger partial charge < -0.3 is 29.2 Å². The number of hydrogen-bond acceptors (Lipinski definition) is 6. The van der Waals surface area contributed by atoms with Gasteiger partial charge in [0.15, 0.2) is 0 Å². The van der Waals surface area contributed by atoms with Gasteiger partial charge in [0, 0.05) is 0 Å². The number of para-hydroxylation sites is 1. The summed E-state index contributed by atoms with van der Waals surface area (Å²) < 4.78 is 23.2. The molecular weight excluding hydrogens is 420 g/mol. The molecule has 2 N–H and O–H groups in total. The lowest BCUT2D eigenvalue weighted by Crippen LogP contribution is -2.37. The Bertz CT molecular complexity index is 555. The predicted molar refractivity (Wildman–Crippen MR) is 133 cm³/mol. The quantitative estimate of drug-likeness (QED) is 0.243. The maximum absolute atomic E-state index is 10.8. The molecular formula is C27H48O6. The number of hydrogen-bond donors (Lipinski definition) is 2. The molecule has 0 radical (unpaired) electrons. The Labute approximate surface area is 201 Å². The van der Waals surface area contributed by atoms with Crippen molar-refractivity contribution in [1.82, 2.24) is 0 Å². The molecule has 6 nitrogen and oxygen atoms in total. The summed E-state index contributed by atoms with van der Waals surface area (Å²) in [5.41, 5.74) is 0. The average molecular weight is 469 g/mol. The van der Waals surface area contributed by atoms with Crippen LogP contribution in [0.1, 0.15) is 79.1 Å². The van der Waals surface area contributed by atoms with Crippen molar-refractivity contribution in [2.45, 2.75) is 110 Å². The molecule has 0 fully saturated rings. The third kappa shape index (κ3) is 15.4. The molecule has 5 unspecified atom stereocenters. The van der Waals surface area contributed by atoms with Crippen LogP contribution in [0.2, 0.25) is 0 Å². The molecule has 0 aliphatic rings. The minimum absolute atomic E-state index is 0.00476. The molecule has 0 saturated heterocycles. The SMILES string of the molecule is CCCCCCCCCC(Oc1ccccc1)C(O)COC(C)COC(C)COC(C)CO. The molecule has 0 bridgehead atoms. The van der Waals surface area contributed by atoms with E-state index in [1.165, 1.54) is 32.1 Å². The molecule has 0 aromatic heterocycles. The summed E-state index contributed by atoms with van der Waals surface area (Å²) in [6.07, 6.45) is 7.92. The maximum atomic E-state index is 10.8. The molecule has 6 heteroatoms. The van der Waals surface area contributed by atoms with Crippen LogP contribution in [-0.4, -0.2) is 67.2 Å². The highest BCUT2D eigenvalue weighted by Crippen LogP contribution is 2.18. The van der Waals surface area contributed by atoms with E-state index in [2.05, 4.69) is 6.92 Å². The zero-order valence-corrected chi connectivity index (χ0v) is 21.3. The maximum Gasteiger partial charge on any atom is 0.127 e. The van der Waals surface area contributed by atoms with Crippen LogP contribution in [0.5, 0.6) is 5.75 Å². The van der Waals surface area contributed by atoms with E-state index in [0.717, 1.165) is 25.0 Å². The van der Waals surface area contributed by atoms with Gasteiger partial charge in [0.2, 0.25) is 0 Å². The Balaban J connectivity index is 2.39. The summed E-state index contributed by atoms with van der Waals surface area (Å²) >= 11 is 0. The second-order valence-electron chi connectivity index (χ2n) is 9.06. The minimum Gasteiger partial charge on any atom is -0.488 e. The van der Waals surface area contributed by atoms with Crippen LogP contribution in [0.4, 0.5) is 0 Å². The molecule has 0 heterocycles. The van der Waals surface area contributed by atoms with E-state index < -0.39 is 6.10 Å². The van der Waals surface area contributed by atoms with Crippen LogP contribution in [0.3, 0.4) is 0 Å². The van der Waals surface area contributed by atoms with Crippen LogP contribution >= 0.6 is 0 Å². The summed E-state index contributed by atoms with van der Waals surface area (Å²) in [6.45, 7) is 8.93. The van der Waals surface area contributed by atoms with Crippen molar-refractivity contribution in [2.24, 2.45) is 0 Å². The molecule has 1 aromatic carbocycles. The highest BCUT2D eigenvalue weighted by atomic mass is 16.6. The van der Waals surface area contributed by atoms with Gasteiger partial charge in [-0.05, 0) is 45.7 Å². The summed E-state index contributed by atoms with van der Waals surface area (Å²) in [5, 5.41) is 19.8. The van der Waals surface area contributed by atoms with Crippen molar-refractivity contribution in [3.05, 3.63) is 30.3 Å². The lowest BCUT2D eigenvalue weighted by atomic mass is 10.0. The molecule has 1 aromatic rings. The van der Waals surface area contributed by atoms with E-state index in [1.807, 2.05) is 51.1 Å². The van der Waals surface area contributed by atoms with Gasteiger partial charge in [-0.1, -0.05) is 63.6 Å². The number of aliphatic hydroxyl groups excluding tert-OH is 2. The largest absolute Gasteiger partial charge is 0.488 e.